The van der Waals surface area contributed by atoms with E-state index in [-0.39, 0.29) is 5.92 Å². The van der Waals surface area contributed by atoms with Gasteiger partial charge >= 0.3 is 0 Å². The Morgan fingerprint density at radius 3 is 2.72 bits per heavy atom. The summed E-state index contributed by atoms with van der Waals surface area (Å²) in [6, 6.07) is 6.26. The number of carbonyl (C=O) groups is 1. The lowest BCUT2D eigenvalue weighted by molar-refractivity contribution is 0.0857. The quantitative estimate of drug-likeness (QED) is 0.799. The van der Waals surface area contributed by atoms with Crippen LogP contribution in [-0.2, 0) is 0 Å². The largest absolute Gasteiger partial charge is 0.360 e. The smallest absolute Gasteiger partial charge is 0.168 e. The number of hydrogen-bond acceptors (Lipinski definition) is 1. The zero-order chi connectivity index (χ0) is 12.7. The molecule has 1 aliphatic rings. The molecule has 0 amide bonds. The first-order chi connectivity index (χ1) is 8.68. The molecule has 1 aromatic carbocycles. The topological polar surface area (TPSA) is 32.9 Å². The van der Waals surface area contributed by atoms with Crippen LogP contribution < -0.4 is 0 Å². The van der Waals surface area contributed by atoms with Crippen LogP contribution in [0, 0.1) is 5.92 Å². The van der Waals surface area contributed by atoms with Crippen LogP contribution in [0.1, 0.15) is 54.9 Å². The van der Waals surface area contributed by atoms with Crippen molar-refractivity contribution in [1.29, 1.82) is 0 Å². The number of ketones is 1. The minimum Gasteiger partial charge on any atom is -0.360 e. The number of para-hydroxylation sites is 1. The van der Waals surface area contributed by atoms with Gasteiger partial charge < -0.3 is 4.98 Å². The molecule has 0 saturated heterocycles. The molecule has 2 nitrogen and oxygen atoms in total. The number of fused-ring (bicyclic) bond motifs is 1. The van der Waals surface area contributed by atoms with Gasteiger partial charge in [0.1, 0.15) is 0 Å². The minimum atomic E-state index is 0.270. The number of Topliss-reactive ketones (excluding diaryl/α,β-unsaturated/α-hetero) is 1. The highest BCUT2D eigenvalue weighted by molar-refractivity contribution is 6.09. The number of rotatable bonds is 3. The fraction of sp³-hybridized carbons (Fsp3) is 0.438. The van der Waals surface area contributed by atoms with Crippen LogP contribution in [0.5, 0.6) is 0 Å². The molecule has 1 N–H and O–H groups in total. The molecule has 1 aromatic heterocycles. The number of H-pyrrole nitrogens is 1. The molecule has 0 aliphatic heterocycles. The molecule has 2 heteroatoms. The summed E-state index contributed by atoms with van der Waals surface area (Å²) in [5.74, 6) is 1.07. The van der Waals surface area contributed by atoms with Gasteiger partial charge in [0.25, 0.3) is 0 Å². The third-order valence-corrected chi connectivity index (χ3v) is 4.11. The highest BCUT2D eigenvalue weighted by Crippen LogP contribution is 2.33. The van der Waals surface area contributed by atoms with Gasteiger partial charge in [0.2, 0.25) is 0 Å². The number of carbonyl (C=O) groups excluding carboxylic acids is 1. The van der Waals surface area contributed by atoms with Gasteiger partial charge in [0.05, 0.1) is 0 Å². The van der Waals surface area contributed by atoms with E-state index in [0.717, 1.165) is 29.3 Å². The molecule has 1 fully saturated rings. The van der Waals surface area contributed by atoms with Crippen molar-refractivity contribution in [3.8, 4) is 0 Å². The van der Waals surface area contributed by atoms with Crippen molar-refractivity contribution in [2.24, 2.45) is 5.92 Å². The van der Waals surface area contributed by atoms with Crippen LogP contribution in [0.2, 0.25) is 0 Å². The summed E-state index contributed by atoms with van der Waals surface area (Å²) in [5, 5.41) is 1.10. The van der Waals surface area contributed by atoms with Gasteiger partial charge in [-0.05, 0) is 24.3 Å². The third-order valence-electron chi connectivity index (χ3n) is 4.11. The number of aromatic nitrogens is 1. The van der Waals surface area contributed by atoms with Gasteiger partial charge in [-0.25, -0.2) is 0 Å². The number of aromatic amines is 1. The van der Waals surface area contributed by atoms with Crippen molar-refractivity contribution in [3.63, 3.8) is 0 Å². The standard InChI is InChI=1S/C16H19NO/c1-10(2)12-7-4-8-13-14(9-17-15(12)13)16(18)11-5-3-6-11/h4,7-11,17H,3,5-6H2,1-2H3. The van der Waals surface area contributed by atoms with Gasteiger partial charge in [0, 0.05) is 28.6 Å². The van der Waals surface area contributed by atoms with E-state index in [2.05, 4.69) is 37.0 Å². The summed E-state index contributed by atoms with van der Waals surface area (Å²) in [4.78, 5) is 15.7. The molecule has 1 heterocycles. The Labute approximate surface area is 107 Å². The lowest BCUT2D eigenvalue weighted by atomic mass is 9.80. The summed E-state index contributed by atoms with van der Waals surface area (Å²) in [5.41, 5.74) is 3.31. The average molecular weight is 241 g/mol. The van der Waals surface area contributed by atoms with Gasteiger partial charge in [-0.2, -0.15) is 0 Å². The molecule has 0 bridgehead atoms. The monoisotopic (exact) mass is 241 g/mol. The van der Waals surface area contributed by atoms with Crippen LogP contribution >= 0.6 is 0 Å². The first-order valence-corrected chi connectivity index (χ1v) is 6.82. The van der Waals surface area contributed by atoms with E-state index >= 15 is 0 Å². The van der Waals surface area contributed by atoms with Crippen LogP contribution in [0.3, 0.4) is 0 Å². The molecule has 0 radical (unpaired) electrons. The molecule has 2 aromatic rings. The highest BCUT2D eigenvalue weighted by Gasteiger charge is 2.28. The predicted octanol–water partition coefficient (Wildman–Crippen LogP) is 4.27. The highest BCUT2D eigenvalue weighted by atomic mass is 16.1. The van der Waals surface area contributed by atoms with Crippen molar-refractivity contribution in [2.45, 2.75) is 39.0 Å². The van der Waals surface area contributed by atoms with Crippen molar-refractivity contribution >= 4 is 16.7 Å². The van der Waals surface area contributed by atoms with Crippen molar-refractivity contribution in [1.82, 2.24) is 4.98 Å². The SMILES string of the molecule is CC(C)c1cccc2c(C(=O)C3CCC3)c[nH]c12. The van der Waals surface area contributed by atoms with E-state index in [1.54, 1.807) is 0 Å². The van der Waals surface area contributed by atoms with E-state index in [9.17, 15) is 4.79 Å². The maximum Gasteiger partial charge on any atom is 0.168 e. The number of hydrogen-bond donors (Lipinski definition) is 1. The van der Waals surface area contributed by atoms with E-state index in [1.165, 1.54) is 12.0 Å². The predicted molar refractivity (Wildman–Crippen MR) is 74.1 cm³/mol. The van der Waals surface area contributed by atoms with Gasteiger partial charge in [-0.3, -0.25) is 4.79 Å². The third kappa shape index (κ3) is 1.67. The molecular weight excluding hydrogens is 222 g/mol. The maximum absolute atomic E-state index is 12.4. The van der Waals surface area contributed by atoms with E-state index in [0.29, 0.717) is 11.7 Å². The van der Waals surface area contributed by atoms with Crippen LogP contribution in [0.25, 0.3) is 10.9 Å². The lowest BCUT2D eigenvalue weighted by Crippen LogP contribution is -2.21. The fourth-order valence-corrected chi connectivity index (χ4v) is 2.75. The maximum atomic E-state index is 12.4. The zero-order valence-electron chi connectivity index (χ0n) is 11.0. The Bertz CT molecular complexity index is 590. The molecular formula is C16H19NO. The van der Waals surface area contributed by atoms with E-state index in [4.69, 9.17) is 0 Å². The minimum absolute atomic E-state index is 0.270. The summed E-state index contributed by atoms with van der Waals surface area (Å²) >= 11 is 0. The Morgan fingerprint density at radius 1 is 1.33 bits per heavy atom. The molecule has 0 spiro atoms. The Balaban J connectivity index is 2.09. The number of nitrogens with one attached hydrogen (secondary N) is 1. The fourth-order valence-electron chi connectivity index (χ4n) is 2.75. The number of benzene rings is 1. The molecule has 94 valence electrons. The molecule has 1 aliphatic carbocycles. The van der Waals surface area contributed by atoms with Crippen LogP contribution in [0.15, 0.2) is 24.4 Å². The van der Waals surface area contributed by atoms with Gasteiger partial charge in [0.15, 0.2) is 5.78 Å². The van der Waals surface area contributed by atoms with Crippen molar-refractivity contribution in [3.05, 3.63) is 35.5 Å². The summed E-state index contributed by atoms with van der Waals surface area (Å²) in [7, 11) is 0. The zero-order valence-corrected chi connectivity index (χ0v) is 11.0. The molecule has 3 rings (SSSR count). The first kappa shape index (κ1) is 11.5. The summed E-state index contributed by atoms with van der Waals surface area (Å²) < 4.78 is 0. The Kier molecular flexibility index (Phi) is 2.73. The first-order valence-electron chi connectivity index (χ1n) is 6.82. The molecule has 1 saturated carbocycles. The van der Waals surface area contributed by atoms with Crippen LogP contribution in [-0.4, -0.2) is 10.8 Å². The van der Waals surface area contributed by atoms with Gasteiger partial charge in [-0.15, -0.1) is 0 Å². The Morgan fingerprint density at radius 2 is 2.11 bits per heavy atom. The normalized spacial score (nSPS) is 16.2. The second-order valence-corrected chi connectivity index (χ2v) is 5.62. The molecule has 0 atom stereocenters. The second kappa shape index (κ2) is 4.27. The van der Waals surface area contributed by atoms with Crippen molar-refractivity contribution in [2.75, 3.05) is 0 Å². The average Bonchev–Trinajstić information content (AvgIpc) is 2.69. The van der Waals surface area contributed by atoms with Gasteiger partial charge in [-0.1, -0.05) is 38.5 Å². The lowest BCUT2D eigenvalue weighted by Gasteiger charge is -2.23. The van der Waals surface area contributed by atoms with Crippen LogP contribution in [0.4, 0.5) is 0 Å². The molecule has 18 heavy (non-hydrogen) atoms. The Hall–Kier alpha value is -1.57. The van der Waals surface area contributed by atoms with E-state index < -0.39 is 0 Å². The molecule has 0 unspecified atom stereocenters. The summed E-state index contributed by atoms with van der Waals surface area (Å²) in [6.45, 7) is 4.37. The summed E-state index contributed by atoms with van der Waals surface area (Å²) in [6.07, 6.45) is 5.23. The van der Waals surface area contributed by atoms with E-state index in [1.807, 2.05) is 6.20 Å². The van der Waals surface area contributed by atoms with Crippen molar-refractivity contribution < 1.29 is 4.79 Å². The second-order valence-electron chi connectivity index (χ2n) is 5.62.